The Balaban J connectivity index is 2.12. The summed E-state index contributed by atoms with van der Waals surface area (Å²) in [4.78, 5) is 17.3. The lowest BCUT2D eigenvalue weighted by Crippen LogP contribution is -2.34. The highest BCUT2D eigenvalue weighted by Gasteiger charge is 2.19. The van der Waals surface area contributed by atoms with Gasteiger partial charge in [0.1, 0.15) is 0 Å². The zero-order valence-electron chi connectivity index (χ0n) is 10.1. The van der Waals surface area contributed by atoms with Crippen LogP contribution >= 0.6 is 12.6 Å². The molecular formula is C13H18N2OS. The highest BCUT2D eigenvalue weighted by Crippen LogP contribution is 2.16. The molecule has 1 saturated heterocycles. The standard InChI is InChI=1S/C13H18N2OS/c1-14-7-4-8-15(10-9-14)13(16)11-5-2-3-6-12(11)17/h2-3,5-6,17H,4,7-10H2,1H3. The maximum Gasteiger partial charge on any atom is 0.255 e. The molecule has 1 aromatic carbocycles. The van der Waals surface area contributed by atoms with Crippen molar-refractivity contribution < 1.29 is 4.79 Å². The van der Waals surface area contributed by atoms with Gasteiger partial charge in [-0.25, -0.2) is 0 Å². The summed E-state index contributed by atoms with van der Waals surface area (Å²) in [6, 6.07) is 7.49. The fraction of sp³-hybridized carbons (Fsp3) is 0.462. The number of likely N-dealkylation sites (N-methyl/N-ethyl adjacent to an activating group) is 1. The summed E-state index contributed by atoms with van der Waals surface area (Å²) in [5, 5.41) is 0. The summed E-state index contributed by atoms with van der Waals surface area (Å²) >= 11 is 4.34. The van der Waals surface area contributed by atoms with Crippen LogP contribution < -0.4 is 0 Å². The van der Waals surface area contributed by atoms with Gasteiger partial charge in [0.15, 0.2) is 0 Å². The molecular weight excluding hydrogens is 232 g/mol. The summed E-state index contributed by atoms with van der Waals surface area (Å²) < 4.78 is 0. The van der Waals surface area contributed by atoms with Gasteiger partial charge in [-0.1, -0.05) is 12.1 Å². The van der Waals surface area contributed by atoms with Crippen LogP contribution in [0.5, 0.6) is 0 Å². The van der Waals surface area contributed by atoms with Crippen LogP contribution in [0.2, 0.25) is 0 Å². The van der Waals surface area contributed by atoms with Crippen molar-refractivity contribution in [2.24, 2.45) is 0 Å². The Morgan fingerprint density at radius 2 is 1.94 bits per heavy atom. The van der Waals surface area contributed by atoms with E-state index in [1.807, 2.05) is 29.2 Å². The molecule has 0 unspecified atom stereocenters. The van der Waals surface area contributed by atoms with E-state index in [2.05, 4.69) is 24.6 Å². The molecule has 0 aliphatic carbocycles. The monoisotopic (exact) mass is 250 g/mol. The first-order chi connectivity index (χ1) is 8.18. The first kappa shape index (κ1) is 12.5. The Labute approximate surface area is 108 Å². The second-order valence-corrected chi connectivity index (χ2v) is 4.95. The molecule has 1 aliphatic heterocycles. The molecule has 0 aromatic heterocycles. The predicted molar refractivity (Wildman–Crippen MR) is 71.7 cm³/mol. The minimum atomic E-state index is 0.103. The molecule has 92 valence electrons. The van der Waals surface area contributed by atoms with Crippen molar-refractivity contribution in [3.63, 3.8) is 0 Å². The maximum absolute atomic E-state index is 12.3. The van der Waals surface area contributed by atoms with E-state index in [0.29, 0.717) is 5.56 Å². The lowest BCUT2D eigenvalue weighted by molar-refractivity contribution is 0.0759. The fourth-order valence-electron chi connectivity index (χ4n) is 2.07. The topological polar surface area (TPSA) is 23.6 Å². The second kappa shape index (κ2) is 5.56. The van der Waals surface area contributed by atoms with Gasteiger partial charge >= 0.3 is 0 Å². The van der Waals surface area contributed by atoms with Crippen LogP contribution in [0.25, 0.3) is 0 Å². The van der Waals surface area contributed by atoms with E-state index in [9.17, 15) is 4.79 Å². The molecule has 1 fully saturated rings. The Kier molecular flexibility index (Phi) is 4.07. The third kappa shape index (κ3) is 3.01. The van der Waals surface area contributed by atoms with Gasteiger partial charge in [-0.2, -0.15) is 0 Å². The predicted octanol–water partition coefficient (Wildman–Crippen LogP) is 1.75. The number of nitrogens with zero attached hydrogens (tertiary/aromatic N) is 2. The van der Waals surface area contributed by atoms with Gasteiger partial charge in [-0.05, 0) is 32.1 Å². The summed E-state index contributed by atoms with van der Waals surface area (Å²) in [6.45, 7) is 3.65. The number of thiol groups is 1. The van der Waals surface area contributed by atoms with Crippen LogP contribution in [0.15, 0.2) is 29.2 Å². The molecule has 1 aromatic rings. The average Bonchev–Trinajstić information content (AvgIpc) is 2.54. The minimum absolute atomic E-state index is 0.103. The van der Waals surface area contributed by atoms with Crippen LogP contribution in [0.1, 0.15) is 16.8 Å². The highest BCUT2D eigenvalue weighted by atomic mass is 32.1. The number of benzene rings is 1. The Morgan fingerprint density at radius 1 is 1.18 bits per heavy atom. The van der Waals surface area contributed by atoms with E-state index >= 15 is 0 Å². The highest BCUT2D eigenvalue weighted by molar-refractivity contribution is 7.80. The van der Waals surface area contributed by atoms with Gasteiger partial charge in [0, 0.05) is 24.5 Å². The summed E-state index contributed by atoms with van der Waals surface area (Å²) in [7, 11) is 2.10. The maximum atomic E-state index is 12.3. The lowest BCUT2D eigenvalue weighted by atomic mass is 10.2. The van der Waals surface area contributed by atoms with E-state index in [1.165, 1.54) is 0 Å². The molecule has 0 spiro atoms. The van der Waals surface area contributed by atoms with E-state index in [0.717, 1.165) is 37.5 Å². The zero-order chi connectivity index (χ0) is 12.3. The van der Waals surface area contributed by atoms with Crippen LogP contribution in [0.4, 0.5) is 0 Å². The third-order valence-electron chi connectivity index (χ3n) is 3.14. The normalized spacial score (nSPS) is 17.9. The largest absolute Gasteiger partial charge is 0.337 e. The van der Waals surface area contributed by atoms with Crippen molar-refractivity contribution in [1.29, 1.82) is 0 Å². The average molecular weight is 250 g/mol. The Hall–Kier alpha value is -1.00. The number of amides is 1. The molecule has 17 heavy (non-hydrogen) atoms. The molecule has 4 heteroatoms. The van der Waals surface area contributed by atoms with Crippen molar-refractivity contribution in [2.45, 2.75) is 11.3 Å². The molecule has 3 nitrogen and oxygen atoms in total. The third-order valence-corrected chi connectivity index (χ3v) is 3.53. The molecule has 1 heterocycles. The second-order valence-electron chi connectivity index (χ2n) is 4.47. The van der Waals surface area contributed by atoms with Crippen molar-refractivity contribution >= 4 is 18.5 Å². The van der Waals surface area contributed by atoms with Gasteiger partial charge in [0.2, 0.25) is 0 Å². The SMILES string of the molecule is CN1CCCN(C(=O)c2ccccc2S)CC1. The summed E-state index contributed by atoms with van der Waals surface area (Å²) in [5.41, 5.74) is 0.709. The molecule has 1 amide bonds. The smallest absolute Gasteiger partial charge is 0.255 e. The number of rotatable bonds is 1. The van der Waals surface area contributed by atoms with Crippen molar-refractivity contribution in [2.75, 3.05) is 33.2 Å². The molecule has 0 radical (unpaired) electrons. The van der Waals surface area contributed by atoms with Crippen LogP contribution in [-0.2, 0) is 0 Å². The molecule has 0 bridgehead atoms. The van der Waals surface area contributed by atoms with Crippen LogP contribution in [0, 0.1) is 0 Å². The zero-order valence-corrected chi connectivity index (χ0v) is 11.0. The van der Waals surface area contributed by atoms with Gasteiger partial charge < -0.3 is 9.80 Å². The van der Waals surface area contributed by atoms with E-state index < -0.39 is 0 Å². The van der Waals surface area contributed by atoms with Gasteiger partial charge in [0.25, 0.3) is 5.91 Å². The van der Waals surface area contributed by atoms with E-state index in [-0.39, 0.29) is 5.91 Å². The lowest BCUT2D eigenvalue weighted by Gasteiger charge is -2.21. The number of hydrogen-bond acceptors (Lipinski definition) is 3. The van der Waals surface area contributed by atoms with Crippen molar-refractivity contribution in [1.82, 2.24) is 9.80 Å². The summed E-state index contributed by atoms with van der Waals surface area (Å²) in [6.07, 6.45) is 1.04. The van der Waals surface area contributed by atoms with Gasteiger partial charge in [-0.15, -0.1) is 12.6 Å². The van der Waals surface area contributed by atoms with E-state index in [4.69, 9.17) is 0 Å². The van der Waals surface area contributed by atoms with Crippen LogP contribution in [-0.4, -0.2) is 48.9 Å². The van der Waals surface area contributed by atoms with Crippen molar-refractivity contribution in [3.05, 3.63) is 29.8 Å². The number of hydrogen-bond donors (Lipinski definition) is 1. The van der Waals surface area contributed by atoms with Crippen molar-refractivity contribution in [3.8, 4) is 0 Å². The van der Waals surface area contributed by atoms with E-state index in [1.54, 1.807) is 0 Å². The molecule has 0 saturated carbocycles. The quantitative estimate of drug-likeness (QED) is 0.768. The fourth-order valence-corrected chi connectivity index (χ4v) is 2.33. The molecule has 0 N–H and O–H groups in total. The van der Waals surface area contributed by atoms with Crippen LogP contribution in [0.3, 0.4) is 0 Å². The molecule has 0 atom stereocenters. The molecule has 2 rings (SSSR count). The first-order valence-corrected chi connectivity index (χ1v) is 6.39. The Bertz CT molecular complexity index is 408. The Morgan fingerprint density at radius 3 is 2.71 bits per heavy atom. The number of carbonyl (C=O) groups is 1. The summed E-state index contributed by atoms with van der Waals surface area (Å²) in [5.74, 6) is 0.103. The van der Waals surface area contributed by atoms with Gasteiger partial charge in [-0.3, -0.25) is 4.79 Å². The first-order valence-electron chi connectivity index (χ1n) is 5.94. The molecule has 1 aliphatic rings. The minimum Gasteiger partial charge on any atom is -0.337 e. The van der Waals surface area contributed by atoms with Gasteiger partial charge in [0.05, 0.1) is 5.56 Å². The number of carbonyl (C=O) groups excluding carboxylic acids is 1.